The summed E-state index contributed by atoms with van der Waals surface area (Å²) in [6.07, 6.45) is 0. The molecule has 1 radical (unpaired) electrons. The fraction of sp³-hybridized carbons (Fsp3) is 0.0714. The Kier molecular flexibility index (Phi) is 2.37. The number of H-pyrrole nitrogens is 1. The summed E-state index contributed by atoms with van der Waals surface area (Å²) >= 11 is 0. The molecule has 0 aliphatic rings. The minimum absolute atomic E-state index is 0.561. The van der Waals surface area contributed by atoms with Gasteiger partial charge < -0.3 is 4.98 Å². The third kappa shape index (κ3) is 1.66. The lowest BCUT2D eigenvalue weighted by Gasteiger charge is -2.02. The first-order valence-electron chi connectivity index (χ1n) is 5.47. The van der Waals surface area contributed by atoms with Crippen molar-refractivity contribution in [2.24, 2.45) is 0 Å². The molecule has 0 atom stereocenters. The van der Waals surface area contributed by atoms with Gasteiger partial charge in [-0.3, -0.25) is 0 Å². The molecular weight excluding hydrogens is 234 g/mol. The molecule has 4 heteroatoms. The number of halogens is 2. The highest BCUT2D eigenvalue weighted by atomic mass is 19.2. The highest BCUT2D eigenvalue weighted by molar-refractivity contribution is 5.91. The number of aromatic nitrogens is 2. The number of nitrogens with one attached hydrogen (secondary N) is 1. The van der Waals surface area contributed by atoms with Crippen LogP contribution in [0.4, 0.5) is 8.78 Å². The molecule has 0 spiro atoms. The first-order valence-corrected chi connectivity index (χ1v) is 5.47. The highest BCUT2D eigenvalue weighted by Gasteiger charge is 2.10. The van der Waals surface area contributed by atoms with Gasteiger partial charge in [0, 0.05) is 5.56 Å². The third-order valence-corrected chi connectivity index (χ3v) is 2.77. The number of aryl methyl sites for hydroxylation is 1. The lowest BCUT2D eigenvalue weighted by atomic mass is 10.0. The zero-order chi connectivity index (χ0) is 12.7. The number of imidazole rings is 1. The van der Waals surface area contributed by atoms with Crippen LogP contribution in [0.25, 0.3) is 22.2 Å². The predicted octanol–water partition coefficient (Wildman–Crippen LogP) is 3.62. The Bertz CT molecular complexity index is 732. The molecule has 0 aliphatic carbocycles. The number of hydrogen-bond donors (Lipinski definition) is 1. The number of rotatable bonds is 1. The van der Waals surface area contributed by atoms with E-state index >= 15 is 0 Å². The van der Waals surface area contributed by atoms with Crippen LogP contribution in [0.3, 0.4) is 0 Å². The zero-order valence-electron chi connectivity index (χ0n) is 9.59. The Balaban J connectivity index is 2.27. The lowest BCUT2D eigenvalue weighted by molar-refractivity contribution is 0.509. The summed E-state index contributed by atoms with van der Waals surface area (Å²) in [5, 5.41) is 0. The van der Waals surface area contributed by atoms with E-state index in [0.29, 0.717) is 16.6 Å². The minimum Gasteiger partial charge on any atom is -0.342 e. The van der Waals surface area contributed by atoms with Crippen LogP contribution in [0.2, 0.25) is 0 Å². The van der Waals surface area contributed by atoms with E-state index in [-0.39, 0.29) is 0 Å². The summed E-state index contributed by atoms with van der Waals surface area (Å²) in [5.74, 6) is -0.956. The lowest BCUT2D eigenvalue weighted by Crippen LogP contribution is -1.86. The molecule has 0 saturated carbocycles. The van der Waals surface area contributed by atoms with Gasteiger partial charge in [0.15, 0.2) is 11.6 Å². The Morgan fingerprint density at radius 3 is 2.78 bits per heavy atom. The van der Waals surface area contributed by atoms with Gasteiger partial charge in [-0.2, -0.15) is 0 Å². The Hall–Kier alpha value is -2.23. The summed E-state index contributed by atoms with van der Waals surface area (Å²) in [6.45, 7) is 1.84. The van der Waals surface area contributed by atoms with Crippen LogP contribution in [0.1, 0.15) is 5.82 Å². The van der Waals surface area contributed by atoms with Crippen molar-refractivity contribution in [3.05, 3.63) is 53.9 Å². The first kappa shape index (κ1) is 10.9. The second kappa shape index (κ2) is 3.91. The summed E-state index contributed by atoms with van der Waals surface area (Å²) in [6, 6.07) is 10.4. The van der Waals surface area contributed by atoms with Crippen molar-refractivity contribution in [2.45, 2.75) is 6.92 Å². The molecule has 1 N–H and O–H groups in total. The van der Waals surface area contributed by atoms with Gasteiger partial charge in [0.25, 0.3) is 0 Å². The molecule has 0 saturated heterocycles. The van der Waals surface area contributed by atoms with Gasteiger partial charge >= 0.3 is 0 Å². The molecule has 0 amide bonds. The second-order valence-corrected chi connectivity index (χ2v) is 4.07. The Labute approximate surface area is 102 Å². The second-order valence-electron chi connectivity index (χ2n) is 4.07. The molecule has 2 aromatic carbocycles. The summed E-state index contributed by atoms with van der Waals surface area (Å²) in [5.41, 5.74) is 2.79. The maximum atomic E-state index is 13.3. The van der Waals surface area contributed by atoms with Crippen LogP contribution in [-0.4, -0.2) is 9.97 Å². The molecule has 0 bridgehead atoms. The van der Waals surface area contributed by atoms with E-state index in [1.54, 1.807) is 6.07 Å². The molecule has 1 heterocycles. The van der Waals surface area contributed by atoms with Crippen LogP contribution in [0.15, 0.2) is 30.3 Å². The first-order chi connectivity index (χ1) is 8.65. The van der Waals surface area contributed by atoms with E-state index in [0.717, 1.165) is 23.5 Å². The van der Waals surface area contributed by atoms with Crippen LogP contribution in [-0.2, 0) is 0 Å². The van der Waals surface area contributed by atoms with E-state index in [1.807, 2.05) is 13.0 Å². The zero-order valence-corrected chi connectivity index (χ0v) is 9.59. The molecule has 89 valence electrons. The van der Waals surface area contributed by atoms with E-state index in [1.165, 1.54) is 6.07 Å². The molecule has 0 fully saturated rings. The Morgan fingerprint density at radius 2 is 2.00 bits per heavy atom. The smallest absolute Gasteiger partial charge is 0.159 e. The van der Waals surface area contributed by atoms with E-state index in [9.17, 15) is 8.78 Å². The van der Waals surface area contributed by atoms with E-state index in [4.69, 9.17) is 0 Å². The standard InChI is InChI=1S/C14H9F2N2/c1-8-17-13-4-2-3-10(14(13)18-8)9-5-6-11(15)12(16)7-9/h2,4-7H,1H3,(H,17,18). The van der Waals surface area contributed by atoms with Crippen LogP contribution in [0, 0.1) is 24.6 Å². The van der Waals surface area contributed by atoms with Gasteiger partial charge in [0.05, 0.1) is 11.0 Å². The molecule has 3 aromatic rings. The van der Waals surface area contributed by atoms with Gasteiger partial charge in [0.1, 0.15) is 5.82 Å². The number of benzene rings is 2. The van der Waals surface area contributed by atoms with Gasteiger partial charge in [-0.05, 0) is 36.8 Å². The summed E-state index contributed by atoms with van der Waals surface area (Å²) < 4.78 is 26.2. The van der Waals surface area contributed by atoms with Crippen molar-refractivity contribution in [3.8, 4) is 11.1 Å². The largest absolute Gasteiger partial charge is 0.342 e. The number of aromatic amines is 1. The van der Waals surface area contributed by atoms with Crippen molar-refractivity contribution < 1.29 is 8.78 Å². The Morgan fingerprint density at radius 1 is 1.17 bits per heavy atom. The van der Waals surface area contributed by atoms with E-state index < -0.39 is 11.6 Å². The maximum absolute atomic E-state index is 13.3. The van der Waals surface area contributed by atoms with Crippen molar-refractivity contribution in [2.75, 3.05) is 0 Å². The molecule has 18 heavy (non-hydrogen) atoms. The topological polar surface area (TPSA) is 28.7 Å². The molecule has 3 rings (SSSR count). The third-order valence-electron chi connectivity index (χ3n) is 2.77. The quantitative estimate of drug-likeness (QED) is 0.694. The molecule has 0 aliphatic heterocycles. The fourth-order valence-corrected chi connectivity index (χ4v) is 1.97. The molecular formula is C14H9F2N2. The monoisotopic (exact) mass is 243 g/mol. The average molecular weight is 243 g/mol. The van der Waals surface area contributed by atoms with Crippen molar-refractivity contribution in [1.29, 1.82) is 0 Å². The van der Waals surface area contributed by atoms with Crippen molar-refractivity contribution >= 4 is 11.0 Å². The number of hydrogen-bond acceptors (Lipinski definition) is 1. The van der Waals surface area contributed by atoms with Gasteiger partial charge in [-0.15, -0.1) is 0 Å². The van der Waals surface area contributed by atoms with Gasteiger partial charge in [0.2, 0.25) is 0 Å². The highest BCUT2D eigenvalue weighted by Crippen LogP contribution is 2.27. The summed E-state index contributed by atoms with van der Waals surface area (Å²) in [4.78, 5) is 7.43. The molecule has 0 unspecified atom stereocenters. The molecule has 1 aromatic heterocycles. The number of nitrogens with zero attached hydrogens (tertiary/aromatic N) is 1. The normalized spacial score (nSPS) is 11.1. The number of fused-ring (bicyclic) bond motifs is 1. The van der Waals surface area contributed by atoms with Crippen LogP contribution < -0.4 is 0 Å². The van der Waals surface area contributed by atoms with E-state index in [2.05, 4.69) is 16.0 Å². The minimum atomic E-state index is -0.870. The van der Waals surface area contributed by atoms with Crippen molar-refractivity contribution in [1.82, 2.24) is 9.97 Å². The van der Waals surface area contributed by atoms with Crippen molar-refractivity contribution in [3.63, 3.8) is 0 Å². The maximum Gasteiger partial charge on any atom is 0.159 e. The van der Waals surface area contributed by atoms with Crippen LogP contribution >= 0.6 is 0 Å². The fourth-order valence-electron chi connectivity index (χ4n) is 1.97. The predicted molar refractivity (Wildman–Crippen MR) is 65.0 cm³/mol. The summed E-state index contributed by atoms with van der Waals surface area (Å²) in [7, 11) is 0. The molecule has 2 nitrogen and oxygen atoms in total. The van der Waals surface area contributed by atoms with Gasteiger partial charge in [-0.1, -0.05) is 12.1 Å². The SMILES string of the molecule is Cc1nc2c(-c3ccc(F)c(F)c3)[c]ccc2[nH]1. The van der Waals surface area contributed by atoms with Crippen LogP contribution in [0.5, 0.6) is 0 Å². The van der Waals surface area contributed by atoms with Gasteiger partial charge in [-0.25, -0.2) is 13.8 Å². The average Bonchev–Trinajstić information content (AvgIpc) is 2.72.